The molecule has 1 heterocycles. The average molecular weight is 312 g/mol. The summed E-state index contributed by atoms with van der Waals surface area (Å²) < 4.78 is 12.9. The van der Waals surface area contributed by atoms with E-state index in [0.717, 1.165) is 27.9 Å². The maximum absolute atomic E-state index is 5.94. The number of nitrogens with two attached hydrogens (primary N) is 1. The van der Waals surface area contributed by atoms with Gasteiger partial charge in [0.2, 0.25) is 0 Å². The molecule has 0 aliphatic heterocycles. The van der Waals surface area contributed by atoms with E-state index in [9.17, 15) is 0 Å². The normalized spacial score (nSPS) is 11.0. The molecule has 23 heavy (non-hydrogen) atoms. The minimum atomic E-state index is 0.350. The lowest BCUT2D eigenvalue weighted by Crippen LogP contribution is -2.14. The Hall–Kier alpha value is -2.44. The van der Waals surface area contributed by atoms with Gasteiger partial charge in [0.15, 0.2) is 0 Å². The number of nitrogens with zero attached hydrogens (tertiary/aromatic N) is 3. The van der Waals surface area contributed by atoms with Gasteiger partial charge in [-0.2, -0.15) is 0 Å². The Morgan fingerprint density at radius 3 is 2.78 bits per heavy atom. The predicted molar refractivity (Wildman–Crippen MR) is 88.1 cm³/mol. The molecule has 1 aromatic heterocycles. The molecule has 0 amide bonds. The predicted octanol–water partition coefficient (Wildman–Crippen LogP) is 2.12. The summed E-state index contributed by atoms with van der Waals surface area (Å²) in [6.45, 7) is 1.88. The Morgan fingerprint density at radius 1 is 1.13 bits per heavy atom. The summed E-state index contributed by atoms with van der Waals surface area (Å²) in [4.78, 5) is 0. The molecule has 120 valence electrons. The first kappa shape index (κ1) is 15.5. The Balaban J connectivity index is 1.71. The summed E-state index contributed by atoms with van der Waals surface area (Å²) in [7, 11) is 1.64. The molecule has 3 rings (SSSR count). The minimum absolute atomic E-state index is 0.350. The largest absolute Gasteiger partial charge is 0.491 e. The lowest BCUT2D eigenvalue weighted by molar-refractivity contribution is 0.173. The maximum atomic E-state index is 5.94. The highest BCUT2D eigenvalue weighted by atomic mass is 16.5. The molecule has 2 aromatic carbocycles. The second kappa shape index (κ2) is 7.21. The number of aromatic nitrogens is 3. The van der Waals surface area contributed by atoms with Crippen molar-refractivity contribution in [1.82, 2.24) is 15.0 Å². The molecule has 0 atom stereocenters. The number of benzene rings is 2. The zero-order valence-corrected chi connectivity index (χ0v) is 13.1. The Labute approximate surface area is 134 Å². The van der Waals surface area contributed by atoms with Crippen LogP contribution in [0.3, 0.4) is 0 Å². The lowest BCUT2D eigenvalue weighted by atomic mass is 10.1. The SMILES string of the molecule is COCc1c(CN)nnn1CCOc1cccc2ccccc12. The molecule has 0 unspecified atom stereocenters. The highest BCUT2D eigenvalue weighted by Gasteiger charge is 2.11. The van der Waals surface area contributed by atoms with Gasteiger partial charge in [-0.1, -0.05) is 41.6 Å². The van der Waals surface area contributed by atoms with E-state index in [1.165, 1.54) is 0 Å². The average Bonchev–Trinajstić information content (AvgIpc) is 2.97. The van der Waals surface area contributed by atoms with E-state index in [2.05, 4.69) is 28.5 Å². The van der Waals surface area contributed by atoms with E-state index < -0.39 is 0 Å². The van der Waals surface area contributed by atoms with E-state index >= 15 is 0 Å². The second-order valence-corrected chi connectivity index (χ2v) is 5.17. The molecule has 0 bridgehead atoms. The third kappa shape index (κ3) is 3.33. The summed E-state index contributed by atoms with van der Waals surface area (Å²) in [6, 6.07) is 14.2. The van der Waals surface area contributed by atoms with Gasteiger partial charge in [-0.3, -0.25) is 0 Å². The second-order valence-electron chi connectivity index (χ2n) is 5.17. The third-order valence-electron chi connectivity index (χ3n) is 3.70. The smallest absolute Gasteiger partial charge is 0.127 e. The van der Waals surface area contributed by atoms with Crippen LogP contribution < -0.4 is 10.5 Å². The molecule has 0 aliphatic rings. The monoisotopic (exact) mass is 312 g/mol. The number of hydrogen-bond acceptors (Lipinski definition) is 5. The van der Waals surface area contributed by atoms with E-state index in [1.54, 1.807) is 11.8 Å². The van der Waals surface area contributed by atoms with Crippen molar-refractivity contribution in [1.29, 1.82) is 0 Å². The van der Waals surface area contributed by atoms with E-state index in [-0.39, 0.29) is 0 Å². The fourth-order valence-corrected chi connectivity index (χ4v) is 2.57. The molecule has 3 aromatic rings. The van der Waals surface area contributed by atoms with Crippen molar-refractivity contribution >= 4 is 10.8 Å². The molecular formula is C17H20N4O2. The minimum Gasteiger partial charge on any atom is -0.491 e. The van der Waals surface area contributed by atoms with Crippen LogP contribution in [-0.2, 0) is 24.4 Å². The van der Waals surface area contributed by atoms with Crippen molar-refractivity contribution < 1.29 is 9.47 Å². The molecule has 0 fully saturated rings. The highest BCUT2D eigenvalue weighted by molar-refractivity contribution is 5.88. The molecule has 0 saturated heterocycles. The quantitative estimate of drug-likeness (QED) is 0.723. The van der Waals surface area contributed by atoms with E-state index in [0.29, 0.717) is 26.3 Å². The molecule has 0 radical (unpaired) electrons. The summed E-state index contributed by atoms with van der Waals surface area (Å²) in [5.74, 6) is 0.871. The van der Waals surface area contributed by atoms with Gasteiger partial charge in [-0.25, -0.2) is 4.68 Å². The van der Waals surface area contributed by atoms with Crippen molar-refractivity contribution in [3.8, 4) is 5.75 Å². The number of fused-ring (bicyclic) bond motifs is 1. The van der Waals surface area contributed by atoms with Crippen LogP contribution in [0.2, 0.25) is 0 Å². The topological polar surface area (TPSA) is 75.2 Å². The Kier molecular flexibility index (Phi) is 4.85. The Bertz CT molecular complexity index is 780. The first-order valence-corrected chi connectivity index (χ1v) is 7.54. The fraction of sp³-hybridized carbons (Fsp3) is 0.294. The summed E-state index contributed by atoms with van der Waals surface area (Å²) in [5, 5.41) is 10.5. The van der Waals surface area contributed by atoms with Gasteiger partial charge in [0.25, 0.3) is 0 Å². The van der Waals surface area contributed by atoms with E-state index in [4.69, 9.17) is 15.2 Å². The first-order chi connectivity index (χ1) is 11.3. The van der Waals surface area contributed by atoms with Crippen LogP contribution in [0.4, 0.5) is 0 Å². The van der Waals surface area contributed by atoms with Gasteiger partial charge in [0, 0.05) is 19.0 Å². The zero-order valence-electron chi connectivity index (χ0n) is 13.1. The van der Waals surface area contributed by atoms with Crippen molar-refractivity contribution in [2.24, 2.45) is 5.73 Å². The van der Waals surface area contributed by atoms with Gasteiger partial charge in [0.1, 0.15) is 18.1 Å². The van der Waals surface area contributed by atoms with E-state index in [1.807, 2.05) is 24.3 Å². The summed E-state index contributed by atoms with van der Waals surface area (Å²) in [6.07, 6.45) is 0. The van der Waals surface area contributed by atoms with Crippen LogP contribution in [0, 0.1) is 0 Å². The van der Waals surface area contributed by atoms with Crippen LogP contribution in [0.25, 0.3) is 10.8 Å². The number of methoxy groups -OCH3 is 1. The standard InChI is InChI=1S/C17H20N4O2/c1-22-12-16-15(11-18)19-20-21(16)9-10-23-17-8-4-6-13-5-2-3-7-14(13)17/h2-8H,9-12,18H2,1H3. The van der Waals surface area contributed by atoms with Gasteiger partial charge < -0.3 is 15.2 Å². The van der Waals surface area contributed by atoms with Crippen molar-refractivity contribution in [3.63, 3.8) is 0 Å². The fourth-order valence-electron chi connectivity index (χ4n) is 2.57. The number of ether oxygens (including phenoxy) is 2. The van der Waals surface area contributed by atoms with Gasteiger partial charge in [-0.15, -0.1) is 5.10 Å². The zero-order chi connectivity index (χ0) is 16.1. The highest BCUT2D eigenvalue weighted by Crippen LogP contribution is 2.25. The third-order valence-corrected chi connectivity index (χ3v) is 3.70. The van der Waals surface area contributed by atoms with Gasteiger partial charge >= 0.3 is 0 Å². The van der Waals surface area contributed by atoms with Crippen LogP contribution in [0.15, 0.2) is 42.5 Å². The molecule has 6 nitrogen and oxygen atoms in total. The number of rotatable bonds is 7. The summed E-state index contributed by atoms with van der Waals surface area (Å²) in [5.41, 5.74) is 7.33. The van der Waals surface area contributed by atoms with Crippen LogP contribution >= 0.6 is 0 Å². The molecule has 2 N–H and O–H groups in total. The van der Waals surface area contributed by atoms with Crippen LogP contribution in [-0.4, -0.2) is 28.7 Å². The molecule has 0 spiro atoms. The van der Waals surface area contributed by atoms with Crippen LogP contribution in [0.1, 0.15) is 11.4 Å². The number of hydrogen-bond donors (Lipinski definition) is 1. The molecule has 0 aliphatic carbocycles. The Morgan fingerprint density at radius 2 is 1.96 bits per heavy atom. The molecule has 0 saturated carbocycles. The van der Waals surface area contributed by atoms with Gasteiger partial charge in [0.05, 0.1) is 18.8 Å². The molecular weight excluding hydrogens is 292 g/mol. The maximum Gasteiger partial charge on any atom is 0.127 e. The lowest BCUT2D eigenvalue weighted by Gasteiger charge is -2.11. The molecule has 6 heteroatoms. The first-order valence-electron chi connectivity index (χ1n) is 7.54. The van der Waals surface area contributed by atoms with Crippen molar-refractivity contribution in [2.75, 3.05) is 13.7 Å². The van der Waals surface area contributed by atoms with Crippen molar-refractivity contribution in [2.45, 2.75) is 19.7 Å². The van der Waals surface area contributed by atoms with Gasteiger partial charge in [-0.05, 0) is 11.5 Å². The summed E-state index contributed by atoms with van der Waals surface area (Å²) >= 11 is 0. The van der Waals surface area contributed by atoms with Crippen molar-refractivity contribution in [3.05, 3.63) is 53.9 Å². The van der Waals surface area contributed by atoms with Crippen LogP contribution in [0.5, 0.6) is 5.75 Å².